The second kappa shape index (κ2) is 5.52. The smallest absolute Gasteiger partial charge is 0.263 e. The highest BCUT2D eigenvalue weighted by atomic mass is 32.2. The fraction of sp³-hybridized carbons (Fsp3) is 0. The summed E-state index contributed by atoms with van der Waals surface area (Å²) in [7, 11) is 0. The molecule has 0 radical (unpaired) electrons. The molecule has 1 aliphatic rings. The van der Waals surface area contributed by atoms with Crippen molar-refractivity contribution in [1.29, 1.82) is 0 Å². The number of carbonyl (C=O) groups excluding carboxylic acids is 1. The average Bonchev–Trinajstić information content (AvgIpc) is 2.79. The molecular formula is C14H9N3OS2. The average molecular weight is 299 g/mol. The summed E-state index contributed by atoms with van der Waals surface area (Å²) in [6, 6.07) is 9.73. The molecular weight excluding hydrogens is 290 g/mol. The van der Waals surface area contributed by atoms with E-state index >= 15 is 0 Å². The lowest BCUT2D eigenvalue weighted by Gasteiger charge is -2.00. The lowest BCUT2D eigenvalue weighted by molar-refractivity contribution is -0.115. The first kappa shape index (κ1) is 13.0. The summed E-state index contributed by atoms with van der Waals surface area (Å²) in [6.07, 6.45) is 5.11. The zero-order valence-electron chi connectivity index (χ0n) is 10.2. The number of hydrogen-bond acceptors (Lipinski definition) is 5. The first-order valence-electron chi connectivity index (χ1n) is 5.85. The van der Waals surface area contributed by atoms with Gasteiger partial charge in [-0.3, -0.25) is 4.79 Å². The van der Waals surface area contributed by atoms with Crippen molar-refractivity contribution in [3.8, 4) is 11.4 Å². The van der Waals surface area contributed by atoms with Crippen LogP contribution in [0, 0.1) is 0 Å². The van der Waals surface area contributed by atoms with Crippen LogP contribution in [0.25, 0.3) is 17.5 Å². The van der Waals surface area contributed by atoms with E-state index < -0.39 is 0 Å². The number of amides is 1. The number of rotatable bonds is 2. The van der Waals surface area contributed by atoms with Crippen LogP contribution in [-0.4, -0.2) is 20.2 Å². The van der Waals surface area contributed by atoms with Crippen molar-refractivity contribution in [2.75, 3.05) is 0 Å². The maximum atomic E-state index is 11.5. The van der Waals surface area contributed by atoms with Gasteiger partial charge in [-0.15, -0.1) is 0 Å². The van der Waals surface area contributed by atoms with E-state index in [1.165, 1.54) is 11.8 Å². The van der Waals surface area contributed by atoms with Gasteiger partial charge in [0, 0.05) is 23.5 Å². The summed E-state index contributed by atoms with van der Waals surface area (Å²) in [6.45, 7) is 0. The van der Waals surface area contributed by atoms with Gasteiger partial charge in [0.1, 0.15) is 4.32 Å². The van der Waals surface area contributed by atoms with Gasteiger partial charge in [-0.1, -0.05) is 54.3 Å². The Hall–Kier alpha value is -2.05. The van der Waals surface area contributed by atoms with Gasteiger partial charge in [0.15, 0.2) is 5.82 Å². The first-order valence-corrected chi connectivity index (χ1v) is 7.07. The molecule has 2 aromatic rings. The Morgan fingerprint density at radius 3 is 2.45 bits per heavy atom. The molecule has 0 bridgehead atoms. The third-order valence-electron chi connectivity index (χ3n) is 2.64. The van der Waals surface area contributed by atoms with Gasteiger partial charge in [-0.2, -0.15) is 0 Å². The Labute approximate surface area is 125 Å². The van der Waals surface area contributed by atoms with E-state index in [4.69, 9.17) is 12.2 Å². The Bertz CT molecular complexity index is 696. The standard InChI is InChI=1S/C14H9N3OS2/c18-13-11(20-14(19)17-13)6-9-7-15-12(16-8-9)10-4-2-1-3-5-10/h1-8H,(H,17,18,19). The van der Waals surface area contributed by atoms with E-state index in [0.717, 1.165) is 11.1 Å². The van der Waals surface area contributed by atoms with Crippen LogP contribution < -0.4 is 5.32 Å². The van der Waals surface area contributed by atoms with E-state index in [9.17, 15) is 4.79 Å². The van der Waals surface area contributed by atoms with Crippen molar-refractivity contribution in [3.63, 3.8) is 0 Å². The molecule has 20 heavy (non-hydrogen) atoms. The molecule has 1 aromatic carbocycles. The molecule has 0 unspecified atom stereocenters. The molecule has 3 rings (SSSR count). The molecule has 1 fully saturated rings. The van der Waals surface area contributed by atoms with Crippen molar-refractivity contribution in [2.24, 2.45) is 0 Å². The van der Waals surface area contributed by atoms with Crippen LogP contribution in [0.15, 0.2) is 47.6 Å². The molecule has 1 aromatic heterocycles. The van der Waals surface area contributed by atoms with Crippen molar-refractivity contribution in [3.05, 3.63) is 53.2 Å². The van der Waals surface area contributed by atoms with Gasteiger partial charge in [-0.05, 0) is 6.08 Å². The largest absolute Gasteiger partial charge is 0.307 e. The Morgan fingerprint density at radius 2 is 1.85 bits per heavy atom. The highest BCUT2D eigenvalue weighted by Crippen LogP contribution is 2.25. The molecule has 2 heterocycles. The maximum Gasteiger partial charge on any atom is 0.263 e. The molecule has 0 spiro atoms. The van der Waals surface area contributed by atoms with Gasteiger partial charge < -0.3 is 5.32 Å². The molecule has 1 aliphatic heterocycles. The summed E-state index contributed by atoms with van der Waals surface area (Å²) in [5.74, 6) is 0.485. The molecule has 0 aliphatic carbocycles. The van der Waals surface area contributed by atoms with Crippen LogP contribution in [0.1, 0.15) is 5.56 Å². The Balaban J connectivity index is 1.86. The van der Waals surface area contributed by atoms with Crippen LogP contribution in [0.4, 0.5) is 0 Å². The number of aromatic nitrogens is 2. The van der Waals surface area contributed by atoms with Crippen molar-refractivity contribution in [2.45, 2.75) is 0 Å². The fourth-order valence-corrected chi connectivity index (χ4v) is 2.77. The van der Waals surface area contributed by atoms with Crippen molar-refractivity contribution in [1.82, 2.24) is 15.3 Å². The summed E-state index contributed by atoms with van der Waals surface area (Å²) < 4.78 is 0.475. The van der Waals surface area contributed by atoms with Gasteiger partial charge >= 0.3 is 0 Å². The monoisotopic (exact) mass is 299 g/mol. The topological polar surface area (TPSA) is 54.9 Å². The molecule has 0 atom stereocenters. The molecule has 0 saturated carbocycles. The minimum absolute atomic E-state index is 0.174. The van der Waals surface area contributed by atoms with Crippen LogP contribution in [0.3, 0.4) is 0 Å². The van der Waals surface area contributed by atoms with E-state index in [2.05, 4.69) is 15.3 Å². The number of thioether (sulfide) groups is 1. The van der Waals surface area contributed by atoms with Gasteiger partial charge in [0.25, 0.3) is 5.91 Å². The lowest BCUT2D eigenvalue weighted by Crippen LogP contribution is -2.17. The molecule has 1 N–H and O–H groups in total. The summed E-state index contributed by atoms with van der Waals surface area (Å²) in [5, 5.41) is 2.57. The van der Waals surface area contributed by atoms with E-state index in [1.807, 2.05) is 30.3 Å². The molecule has 1 amide bonds. The fourth-order valence-electron chi connectivity index (χ4n) is 1.72. The zero-order chi connectivity index (χ0) is 13.9. The zero-order valence-corrected chi connectivity index (χ0v) is 11.9. The summed E-state index contributed by atoms with van der Waals surface area (Å²) in [5.41, 5.74) is 1.73. The lowest BCUT2D eigenvalue weighted by atomic mass is 10.2. The van der Waals surface area contributed by atoms with E-state index in [0.29, 0.717) is 15.1 Å². The van der Waals surface area contributed by atoms with Crippen LogP contribution in [0.2, 0.25) is 0 Å². The van der Waals surface area contributed by atoms with Crippen LogP contribution in [0.5, 0.6) is 0 Å². The molecule has 4 nitrogen and oxygen atoms in total. The SMILES string of the molecule is O=C1NC(=S)SC1=Cc1cnc(-c2ccccc2)nc1. The first-order chi connectivity index (χ1) is 9.72. The number of nitrogens with one attached hydrogen (secondary N) is 1. The predicted molar refractivity (Wildman–Crippen MR) is 83.8 cm³/mol. The molecule has 98 valence electrons. The number of thiocarbonyl (C=S) groups is 1. The normalized spacial score (nSPS) is 16.5. The molecule has 6 heteroatoms. The highest BCUT2D eigenvalue weighted by molar-refractivity contribution is 8.26. The highest BCUT2D eigenvalue weighted by Gasteiger charge is 2.21. The Kier molecular flexibility index (Phi) is 3.58. The summed E-state index contributed by atoms with van der Waals surface area (Å²) in [4.78, 5) is 20.7. The number of nitrogens with zero attached hydrogens (tertiary/aromatic N) is 2. The summed E-state index contributed by atoms with van der Waals surface area (Å²) >= 11 is 6.18. The number of benzene rings is 1. The predicted octanol–water partition coefficient (Wildman–Crippen LogP) is 2.63. The number of hydrogen-bond donors (Lipinski definition) is 1. The minimum Gasteiger partial charge on any atom is -0.307 e. The second-order valence-corrected chi connectivity index (χ2v) is 5.78. The van der Waals surface area contributed by atoms with Crippen LogP contribution >= 0.6 is 24.0 Å². The minimum atomic E-state index is -0.174. The Morgan fingerprint density at radius 1 is 1.15 bits per heavy atom. The van der Waals surface area contributed by atoms with E-state index in [-0.39, 0.29) is 5.91 Å². The second-order valence-electron chi connectivity index (χ2n) is 4.06. The molecule has 1 saturated heterocycles. The maximum absolute atomic E-state index is 11.5. The number of carbonyl (C=O) groups is 1. The van der Waals surface area contributed by atoms with Crippen LogP contribution in [-0.2, 0) is 4.79 Å². The third kappa shape index (κ3) is 2.76. The van der Waals surface area contributed by atoms with E-state index in [1.54, 1.807) is 18.5 Å². The van der Waals surface area contributed by atoms with Crippen molar-refractivity contribution >= 4 is 40.3 Å². The van der Waals surface area contributed by atoms with Crippen molar-refractivity contribution < 1.29 is 4.79 Å². The van der Waals surface area contributed by atoms with Gasteiger partial charge in [-0.25, -0.2) is 9.97 Å². The quantitative estimate of drug-likeness (QED) is 0.682. The van der Waals surface area contributed by atoms with Gasteiger partial charge in [0.2, 0.25) is 0 Å². The third-order valence-corrected chi connectivity index (χ3v) is 3.81. The van der Waals surface area contributed by atoms with Gasteiger partial charge in [0.05, 0.1) is 4.91 Å².